The maximum absolute atomic E-state index is 12.8. The Bertz CT molecular complexity index is 569. The number of benzene rings is 1. The number of piperazine rings is 1. The number of sulfonamides is 1. The molecule has 1 heterocycles. The van der Waals surface area contributed by atoms with Gasteiger partial charge in [-0.2, -0.15) is 4.31 Å². The molecule has 1 aliphatic heterocycles. The molecular formula is C15H25N3O2S. The molecule has 1 N–H and O–H groups in total. The number of rotatable bonds is 4. The Morgan fingerprint density at radius 1 is 1.24 bits per heavy atom. The van der Waals surface area contributed by atoms with Crippen LogP contribution < -0.4 is 5.32 Å². The van der Waals surface area contributed by atoms with E-state index in [4.69, 9.17) is 0 Å². The average Bonchev–Trinajstić information content (AvgIpc) is 2.41. The molecule has 2 rings (SSSR count). The minimum Gasteiger partial charge on any atom is -0.311 e. The van der Waals surface area contributed by atoms with Gasteiger partial charge in [-0.1, -0.05) is 12.1 Å². The topological polar surface area (TPSA) is 52.7 Å². The zero-order valence-corrected chi connectivity index (χ0v) is 14.0. The van der Waals surface area contributed by atoms with Gasteiger partial charge in [-0.05, 0) is 45.6 Å². The predicted molar refractivity (Wildman–Crippen MR) is 84.7 cm³/mol. The number of nitrogens with zero attached hydrogens (tertiary/aromatic N) is 2. The summed E-state index contributed by atoms with van der Waals surface area (Å²) in [6, 6.07) is 7.35. The van der Waals surface area contributed by atoms with Gasteiger partial charge in [0.05, 0.1) is 4.90 Å². The Balaban J connectivity index is 2.23. The van der Waals surface area contributed by atoms with Gasteiger partial charge in [0, 0.05) is 31.7 Å². The zero-order chi connectivity index (χ0) is 15.6. The first-order chi connectivity index (χ1) is 9.82. The molecule has 1 aromatic carbocycles. The molecule has 6 heteroatoms. The van der Waals surface area contributed by atoms with E-state index in [0.29, 0.717) is 18.0 Å². The van der Waals surface area contributed by atoms with E-state index in [1.165, 1.54) is 0 Å². The number of hydrogen-bond donors (Lipinski definition) is 1. The molecule has 21 heavy (non-hydrogen) atoms. The molecule has 0 aliphatic carbocycles. The van der Waals surface area contributed by atoms with Gasteiger partial charge in [0.1, 0.15) is 0 Å². The Morgan fingerprint density at radius 3 is 2.43 bits per heavy atom. The molecule has 1 fully saturated rings. The first-order valence-electron chi connectivity index (χ1n) is 7.31. The fraction of sp³-hybridized carbons (Fsp3) is 0.600. The van der Waals surface area contributed by atoms with Crippen molar-refractivity contribution in [2.45, 2.75) is 37.4 Å². The van der Waals surface area contributed by atoms with Crippen molar-refractivity contribution in [3.8, 4) is 0 Å². The highest BCUT2D eigenvalue weighted by Crippen LogP contribution is 2.22. The van der Waals surface area contributed by atoms with Crippen molar-refractivity contribution in [1.82, 2.24) is 14.5 Å². The maximum atomic E-state index is 12.8. The smallest absolute Gasteiger partial charge is 0.243 e. The number of nitrogens with one attached hydrogen (secondary N) is 1. The molecule has 0 saturated carbocycles. The van der Waals surface area contributed by atoms with Crippen LogP contribution in [0, 0.1) is 0 Å². The van der Waals surface area contributed by atoms with Gasteiger partial charge in [-0.3, -0.25) is 0 Å². The summed E-state index contributed by atoms with van der Waals surface area (Å²) in [6.07, 6.45) is 0. The minimum atomic E-state index is -3.41. The van der Waals surface area contributed by atoms with Crippen molar-refractivity contribution in [1.29, 1.82) is 0 Å². The van der Waals surface area contributed by atoms with E-state index in [-0.39, 0.29) is 12.1 Å². The van der Waals surface area contributed by atoms with Crippen LogP contribution >= 0.6 is 0 Å². The lowest BCUT2D eigenvalue weighted by molar-refractivity contribution is 0.233. The third-order valence-corrected chi connectivity index (χ3v) is 6.01. The van der Waals surface area contributed by atoms with E-state index in [0.717, 1.165) is 12.1 Å². The van der Waals surface area contributed by atoms with Crippen LogP contribution in [0.5, 0.6) is 0 Å². The van der Waals surface area contributed by atoms with Gasteiger partial charge in [0.15, 0.2) is 0 Å². The standard InChI is InChI=1S/C15H25N3O2S/c1-12-13(2)18(10-9-16-12)21(19,20)15-7-5-14(6-8-15)11-17(3)4/h5-8,12-13,16H,9-11H2,1-4H3. The normalized spacial score (nSPS) is 24.4. The van der Waals surface area contributed by atoms with Gasteiger partial charge in [0.25, 0.3) is 0 Å². The van der Waals surface area contributed by atoms with Crippen LogP contribution in [-0.4, -0.2) is 56.9 Å². The molecule has 0 bridgehead atoms. The van der Waals surface area contributed by atoms with Gasteiger partial charge < -0.3 is 10.2 Å². The van der Waals surface area contributed by atoms with E-state index in [1.54, 1.807) is 16.4 Å². The summed E-state index contributed by atoms with van der Waals surface area (Å²) in [4.78, 5) is 2.44. The molecule has 2 atom stereocenters. The molecule has 2 unspecified atom stereocenters. The quantitative estimate of drug-likeness (QED) is 0.905. The lowest BCUT2D eigenvalue weighted by Gasteiger charge is -2.37. The summed E-state index contributed by atoms with van der Waals surface area (Å²) in [6.45, 7) is 6.00. The third kappa shape index (κ3) is 3.63. The summed E-state index contributed by atoms with van der Waals surface area (Å²) in [5.41, 5.74) is 1.11. The predicted octanol–water partition coefficient (Wildman–Crippen LogP) is 1.12. The first-order valence-corrected chi connectivity index (χ1v) is 8.75. The van der Waals surface area contributed by atoms with E-state index >= 15 is 0 Å². The largest absolute Gasteiger partial charge is 0.311 e. The highest BCUT2D eigenvalue weighted by molar-refractivity contribution is 7.89. The van der Waals surface area contributed by atoms with Crippen molar-refractivity contribution >= 4 is 10.0 Å². The molecule has 0 aromatic heterocycles. The molecule has 1 aromatic rings. The van der Waals surface area contributed by atoms with Crippen LogP contribution in [0.4, 0.5) is 0 Å². The van der Waals surface area contributed by atoms with Crippen LogP contribution in [0.3, 0.4) is 0 Å². The van der Waals surface area contributed by atoms with Crippen LogP contribution in [0.1, 0.15) is 19.4 Å². The zero-order valence-electron chi connectivity index (χ0n) is 13.2. The van der Waals surface area contributed by atoms with Gasteiger partial charge in [0.2, 0.25) is 10.0 Å². The molecule has 1 saturated heterocycles. The third-order valence-electron chi connectivity index (χ3n) is 4.01. The van der Waals surface area contributed by atoms with Crippen molar-refractivity contribution in [3.63, 3.8) is 0 Å². The van der Waals surface area contributed by atoms with E-state index in [9.17, 15) is 8.42 Å². The van der Waals surface area contributed by atoms with E-state index < -0.39 is 10.0 Å². The minimum absolute atomic E-state index is 0.0369. The lowest BCUT2D eigenvalue weighted by atomic mass is 10.1. The van der Waals surface area contributed by atoms with Gasteiger partial charge in [-0.15, -0.1) is 0 Å². The van der Waals surface area contributed by atoms with E-state index in [1.807, 2.05) is 40.1 Å². The molecule has 5 nitrogen and oxygen atoms in total. The van der Waals surface area contributed by atoms with Crippen molar-refractivity contribution in [2.75, 3.05) is 27.2 Å². The summed E-state index contributed by atoms with van der Waals surface area (Å²) in [7, 11) is 0.579. The van der Waals surface area contributed by atoms with Crippen LogP contribution in [0.25, 0.3) is 0 Å². The Labute approximate surface area is 128 Å². The molecule has 1 aliphatic rings. The second-order valence-electron chi connectivity index (χ2n) is 5.98. The number of hydrogen-bond acceptors (Lipinski definition) is 4. The van der Waals surface area contributed by atoms with Crippen molar-refractivity contribution in [3.05, 3.63) is 29.8 Å². The second-order valence-corrected chi connectivity index (χ2v) is 7.87. The summed E-state index contributed by atoms with van der Waals surface area (Å²) in [5, 5.41) is 3.30. The highest BCUT2D eigenvalue weighted by Gasteiger charge is 2.34. The lowest BCUT2D eigenvalue weighted by Crippen LogP contribution is -2.57. The Hall–Kier alpha value is -0.950. The first kappa shape index (κ1) is 16.4. The molecule has 118 valence electrons. The van der Waals surface area contributed by atoms with Crippen LogP contribution in [0.2, 0.25) is 0 Å². The van der Waals surface area contributed by atoms with Crippen LogP contribution in [-0.2, 0) is 16.6 Å². The molecule has 0 spiro atoms. The summed E-state index contributed by atoms with van der Waals surface area (Å²) >= 11 is 0. The van der Waals surface area contributed by atoms with Gasteiger partial charge in [-0.25, -0.2) is 8.42 Å². The van der Waals surface area contributed by atoms with Crippen molar-refractivity contribution in [2.24, 2.45) is 0 Å². The fourth-order valence-electron chi connectivity index (χ4n) is 2.63. The Kier molecular flexibility index (Phi) is 5.03. The summed E-state index contributed by atoms with van der Waals surface area (Å²) < 4.78 is 27.1. The monoisotopic (exact) mass is 311 g/mol. The van der Waals surface area contributed by atoms with E-state index in [2.05, 4.69) is 10.2 Å². The molecular weight excluding hydrogens is 286 g/mol. The van der Waals surface area contributed by atoms with Crippen molar-refractivity contribution < 1.29 is 8.42 Å². The molecule has 0 radical (unpaired) electrons. The molecule has 0 amide bonds. The van der Waals surface area contributed by atoms with Crippen LogP contribution in [0.15, 0.2) is 29.2 Å². The van der Waals surface area contributed by atoms with Gasteiger partial charge >= 0.3 is 0 Å². The highest BCUT2D eigenvalue weighted by atomic mass is 32.2. The SMILES string of the molecule is CC1NCCN(S(=O)(=O)c2ccc(CN(C)C)cc2)C1C. The maximum Gasteiger partial charge on any atom is 0.243 e. The Morgan fingerprint density at radius 2 is 1.86 bits per heavy atom. The fourth-order valence-corrected chi connectivity index (χ4v) is 4.34. The average molecular weight is 311 g/mol. The second kappa shape index (κ2) is 6.44. The summed E-state index contributed by atoms with van der Waals surface area (Å²) in [5.74, 6) is 0.